The van der Waals surface area contributed by atoms with E-state index in [1.807, 2.05) is 6.92 Å². The van der Waals surface area contributed by atoms with E-state index in [0.29, 0.717) is 28.0 Å². The van der Waals surface area contributed by atoms with Gasteiger partial charge in [-0.15, -0.1) is 11.3 Å². The van der Waals surface area contributed by atoms with Gasteiger partial charge in [-0.25, -0.2) is 9.18 Å². The lowest BCUT2D eigenvalue weighted by atomic mass is 10.1. The van der Waals surface area contributed by atoms with Crippen molar-refractivity contribution in [2.45, 2.75) is 26.6 Å². The summed E-state index contributed by atoms with van der Waals surface area (Å²) in [6.07, 6.45) is -4.60. The Hall–Kier alpha value is -3.07. The number of benzene rings is 2. The minimum absolute atomic E-state index is 0.100. The molecule has 0 bridgehead atoms. The molecule has 0 fully saturated rings. The number of carboxylic acids is 1. The molecule has 0 saturated carbocycles. The van der Waals surface area contributed by atoms with E-state index < -0.39 is 30.1 Å². The summed E-state index contributed by atoms with van der Waals surface area (Å²) in [4.78, 5) is 11.9. The number of hydrogen-bond donors (Lipinski definition) is 1. The van der Waals surface area contributed by atoms with Crippen molar-refractivity contribution in [3.63, 3.8) is 0 Å². The summed E-state index contributed by atoms with van der Waals surface area (Å²) in [5.74, 6) is -1.04. The van der Waals surface area contributed by atoms with Crippen LogP contribution in [0.3, 0.4) is 0 Å². The average Bonchev–Trinajstić information content (AvgIpc) is 3.05. The van der Waals surface area contributed by atoms with Crippen LogP contribution >= 0.6 is 11.3 Å². The fourth-order valence-corrected chi connectivity index (χ4v) is 3.96. The number of rotatable bonds is 7. The van der Waals surface area contributed by atoms with Gasteiger partial charge >= 0.3 is 12.1 Å². The zero-order chi connectivity index (χ0) is 22.8. The highest BCUT2D eigenvalue weighted by atomic mass is 32.1. The van der Waals surface area contributed by atoms with E-state index in [-0.39, 0.29) is 12.2 Å². The van der Waals surface area contributed by atoms with E-state index >= 15 is 0 Å². The van der Waals surface area contributed by atoms with Gasteiger partial charge < -0.3 is 14.6 Å². The molecule has 0 unspecified atom stereocenters. The summed E-state index contributed by atoms with van der Waals surface area (Å²) in [7, 11) is 0. The van der Waals surface area contributed by atoms with Crippen molar-refractivity contribution < 1.29 is 36.9 Å². The molecule has 1 heterocycles. The topological polar surface area (TPSA) is 55.8 Å². The van der Waals surface area contributed by atoms with Gasteiger partial charge in [-0.3, -0.25) is 0 Å². The molecule has 1 aromatic heterocycles. The SMILES string of the molecule is Cc1cc(OCc2sc(-c3ccc(C(F)(F)F)cc3F)cc2C)ccc1OCC(=O)O. The average molecular weight is 454 g/mol. The smallest absolute Gasteiger partial charge is 0.416 e. The summed E-state index contributed by atoms with van der Waals surface area (Å²) in [5.41, 5.74) is 0.603. The molecule has 1 N–H and O–H groups in total. The zero-order valence-electron chi connectivity index (χ0n) is 16.5. The summed E-state index contributed by atoms with van der Waals surface area (Å²) in [6.45, 7) is 3.31. The summed E-state index contributed by atoms with van der Waals surface area (Å²) >= 11 is 1.24. The quantitative estimate of drug-likeness (QED) is 0.430. The van der Waals surface area contributed by atoms with Crippen LogP contribution in [-0.4, -0.2) is 17.7 Å². The van der Waals surface area contributed by atoms with Gasteiger partial charge in [0, 0.05) is 15.3 Å². The minimum Gasteiger partial charge on any atom is -0.488 e. The van der Waals surface area contributed by atoms with Crippen molar-refractivity contribution in [2.24, 2.45) is 0 Å². The van der Waals surface area contributed by atoms with Crippen molar-refractivity contribution in [1.82, 2.24) is 0 Å². The Labute approximate surface area is 179 Å². The lowest BCUT2D eigenvalue weighted by Gasteiger charge is -2.10. The second-order valence-corrected chi connectivity index (χ2v) is 7.94. The maximum atomic E-state index is 14.3. The second kappa shape index (κ2) is 8.97. The number of carboxylic acid groups (broad SMARTS) is 1. The number of aliphatic carboxylic acids is 1. The first-order chi connectivity index (χ1) is 14.5. The number of thiophene rings is 1. The first-order valence-corrected chi connectivity index (χ1v) is 9.90. The first kappa shape index (κ1) is 22.6. The Kier molecular flexibility index (Phi) is 6.54. The lowest BCUT2D eigenvalue weighted by molar-refractivity contribution is -0.139. The molecule has 0 saturated heterocycles. The molecule has 0 amide bonds. The molecule has 9 heteroatoms. The van der Waals surface area contributed by atoms with E-state index in [0.717, 1.165) is 22.6 Å². The number of halogens is 4. The van der Waals surface area contributed by atoms with Crippen LogP contribution in [0.5, 0.6) is 11.5 Å². The number of carbonyl (C=O) groups is 1. The molecule has 0 spiro atoms. The van der Waals surface area contributed by atoms with Crippen LogP contribution in [0.4, 0.5) is 17.6 Å². The largest absolute Gasteiger partial charge is 0.488 e. The first-order valence-electron chi connectivity index (χ1n) is 9.09. The van der Waals surface area contributed by atoms with E-state index in [4.69, 9.17) is 14.6 Å². The zero-order valence-corrected chi connectivity index (χ0v) is 17.4. The van der Waals surface area contributed by atoms with Crippen molar-refractivity contribution in [1.29, 1.82) is 0 Å². The van der Waals surface area contributed by atoms with Gasteiger partial charge in [-0.05, 0) is 61.4 Å². The van der Waals surface area contributed by atoms with E-state index in [1.165, 1.54) is 11.3 Å². The van der Waals surface area contributed by atoms with Crippen molar-refractivity contribution >= 4 is 17.3 Å². The van der Waals surface area contributed by atoms with Gasteiger partial charge in [0.05, 0.1) is 5.56 Å². The fourth-order valence-electron chi connectivity index (χ4n) is 2.85. The molecule has 31 heavy (non-hydrogen) atoms. The van der Waals surface area contributed by atoms with Crippen LogP contribution in [0.15, 0.2) is 42.5 Å². The predicted molar refractivity (Wildman–Crippen MR) is 108 cm³/mol. The van der Waals surface area contributed by atoms with Gasteiger partial charge in [-0.1, -0.05) is 6.07 Å². The molecule has 3 rings (SSSR count). The predicted octanol–water partition coefficient (Wildman–Crippen LogP) is 6.23. The van der Waals surface area contributed by atoms with Gasteiger partial charge in [0.2, 0.25) is 0 Å². The normalized spacial score (nSPS) is 11.4. The van der Waals surface area contributed by atoms with Crippen LogP contribution < -0.4 is 9.47 Å². The second-order valence-electron chi connectivity index (χ2n) is 6.81. The lowest BCUT2D eigenvalue weighted by Crippen LogP contribution is -2.10. The number of alkyl halides is 3. The van der Waals surface area contributed by atoms with Gasteiger partial charge in [0.15, 0.2) is 6.61 Å². The molecular weight excluding hydrogens is 436 g/mol. The molecule has 4 nitrogen and oxygen atoms in total. The number of ether oxygens (including phenoxy) is 2. The molecular formula is C22H18F4O4S. The monoisotopic (exact) mass is 454 g/mol. The van der Waals surface area contributed by atoms with Crippen LogP contribution in [0.1, 0.15) is 21.6 Å². The van der Waals surface area contributed by atoms with Gasteiger partial charge in [-0.2, -0.15) is 13.2 Å². The Morgan fingerprint density at radius 1 is 1.03 bits per heavy atom. The van der Waals surface area contributed by atoms with E-state index in [9.17, 15) is 22.4 Å². The third kappa shape index (κ3) is 5.55. The summed E-state index contributed by atoms with van der Waals surface area (Å²) in [6, 6.07) is 9.16. The summed E-state index contributed by atoms with van der Waals surface area (Å²) in [5, 5.41) is 8.69. The molecule has 164 valence electrons. The highest BCUT2D eigenvalue weighted by Crippen LogP contribution is 2.37. The third-order valence-electron chi connectivity index (χ3n) is 4.45. The van der Waals surface area contributed by atoms with Crippen LogP contribution in [-0.2, 0) is 17.6 Å². The molecule has 0 aliphatic heterocycles. The molecule has 0 aliphatic carbocycles. The maximum absolute atomic E-state index is 14.3. The third-order valence-corrected chi connectivity index (χ3v) is 5.69. The molecule has 0 radical (unpaired) electrons. The molecule has 3 aromatic rings. The highest BCUT2D eigenvalue weighted by Gasteiger charge is 2.31. The van der Waals surface area contributed by atoms with Crippen LogP contribution in [0, 0.1) is 19.7 Å². The minimum atomic E-state index is -4.60. The Morgan fingerprint density at radius 2 is 1.77 bits per heavy atom. The summed E-state index contributed by atoms with van der Waals surface area (Å²) < 4.78 is 63.5. The number of hydrogen-bond acceptors (Lipinski definition) is 4. The highest BCUT2D eigenvalue weighted by molar-refractivity contribution is 7.15. The Balaban J connectivity index is 1.72. The van der Waals surface area contributed by atoms with Crippen molar-refractivity contribution in [3.05, 3.63) is 69.8 Å². The van der Waals surface area contributed by atoms with Crippen LogP contribution in [0.25, 0.3) is 10.4 Å². The van der Waals surface area contributed by atoms with Crippen LogP contribution in [0.2, 0.25) is 0 Å². The van der Waals surface area contributed by atoms with Gasteiger partial charge in [0.1, 0.15) is 23.9 Å². The molecule has 0 aliphatic rings. The maximum Gasteiger partial charge on any atom is 0.416 e. The molecule has 0 atom stereocenters. The molecule has 2 aromatic carbocycles. The number of aryl methyl sites for hydroxylation is 2. The van der Waals surface area contributed by atoms with E-state index in [1.54, 1.807) is 31.2 Å². The van der Waals surface area contributed by atoms with Gasteiger partial charge in [0.25, 0.3) is 0 Å². The van der Waals surface area contributed by atoms with Crippen molar-refractivity contribution in [3.8, 4) is 21.9 Å². The van der Waals surface area contributed by atoms with E-state index in [2.05, 4.69) is 0 Å². The Morgan fingerprint density at radius 3 is 2.39 bits per heavy atom. The Bertz CT molecular complexity index is 1110. The van der Waals surface area contributed by atoms with Crippen molar-refractivity contribution in [2.75, 3.05) is 6.61 Å². The fraction of sp³-hybridized carbons (Fsp3) is 0.227. The standard InChI is InChI=1S/C22H18F4O4S/c1-12-7-15(4-6-18(12)30-11-21(27)28)29-10-20-13(2)8-19(31-20)16-5-3-14(9-17(16)23)22(24,25)26/h3-9H,10-11H2,1-2H3,(H,27,28).